The van der Waals surface area contributed by atoms with Crippen molar-refractivity contribution in [1.82, 2.24) is 15.0 Å². The highest BCUT2D eigenvalue weighted by molar-refractivity contribution is 5.85. The summed E-state index contributed by atoms with van der Waals surface area (Å²) in [7, 11) is 0. The molecule has 3 N–H and O–H groups in total. The molecule has 28 heavy (non-hydrogen) atoms. The first kappa shape index (κ1) is 17.5. The first-order chi connectivity index (χ1) is 13.8. The van der Waals surface area contributed by atoms with Crippen LogP contribution in [0.5, 0.6) is 0 Å². The highest BCUT2D eigenvalue weighted by Gasteiger charge is 2.18. The molecule has 1 saturated heterocycles. The molecule has 5 rings (SSSR count). The molecule has 2 aliphatic rings. The van der Waals surface area contributed by atoms with Crippen LogP contribution in [0.1, 0.15) is 42.5 Å². The molecule has 146 valence electrons. The predicted octanol–water partition coefficient (Wildman–Crippen LogP) is 3.41. The van der Waals surface area contributed by atoms with Gasteiger partial charge in [0, 0.05) is 42.4 Å². The van der Waals surface area contributed by atoms with Crippen LogP contribution in [0.15, 0.2) is 30.5 Å². The number of H-pyrrole nitrogens is 1. The number of anilines is 2. The average Bonchev–Trinajstić information content (AvgIpc) is 3.11. The van der Waals surface area contributed by atoms with Crippen LogP contribution >= 0.6 is 0 Å². The molecule has 0 atom stereocenters. The molecule has 3 aromatic rings. The van der Waals surface area contributed by atoms with E-state index in [-0.39, 0.29) is 6.10 Å². The number of fused-ring (bicyclic) bond motifs is 3. The fourth-order valence-electron chi connectivity index (χ4n) is 4.45. The molecule has 0 unspecified atom stereocenters. The lowest BCUT2D eigenvalue weighted by molar-refractivity contribution is 0.145. The number of aliphatic hydroxyl groups is 1. The average molecular weight is 377 g/mol. The molecule has 0 saturated carbocycles. The van der Waals surface area contributed by atoms with Crippen molar-refractivity contribution < 1.29 is 5.11 Å². The Kier molecular flexibility index (Phi) is 4.64. The molecule has 1 aliphatic heterocycles. The van der Waals surface area contributed by atoms with E-state index < -0.39 is 0 Å². The summed E-state index contributed by atoms with van der Waals surface area (Å²) < 4.78 is 0. The van der Waals surface area contributed by atoms with Crippen LogP contribution in [0.4, 0.5) is 11.8 Å². The van der Waals surface area contributed by atoms with Gasteiger partial charge in [-0.1, -0.05) is 6.07 Å². The number of hydrogen-bond acceptors (Lipinski definition) is 5. The zero-order valence-electron chi connectivity index (χ0n) is 16.1. The molecule has 6 nitrogen and oxygen atoms in total. The van der Waals surface area contributed by atoms with E-state index in [1.165, 1.54) is 53.4 Å². The lowest BCUT2D eigenvalue weighted by atomic mass is 9.95. The Bertz CT molecular complexity index is 974. The molecular formula is C22H27N5O. The Hall–Kier alpha value is -2.60. The fourth-order valence-corrected chi connectivity index (χ4v) is 4.45. The van der Waals surface area contributed by atoms with Crippen molar-refractivity contribution in [2.24, 2.45) is 0 Å². The van der Waals surface area contributed by atoms with Gasteiger partial charge in [0.1, 0.15) is 5.82 Å². The van der Waals surface area contributed by atoms with Gasteiger partial charge in [-0.05, 0) is 67.9 Å². The molecule has 0 spiro atoms. The summed E-state index contributed by atoms with van der Waals surface area (Å²) in [4.78, 5) is 14.9. The number of rotatable bonds is 4. The normalized spacial score (nSPS) is 17.7. The molecule has 1 aliphatic carbocycles. The number of nitrogens with zero attached hydrogens (tertiary/aromatic N) is 3. The minimum Gasteiger partial charge on any atom is -0.393 e. The number of nitrogens with one attached hydrogen (secondary N) is 2. The van der Waals surface area contributed by atoms with Gasteiger partial charge in [0.15, 0.2) is 0 Å². The van der Waals surface area contributed by atoms with Crippen LogP contribution in [0, 0.1) is 0 Å². The van der Waals surface area contributed by atoms with E-state index in [9.17, 15) is 5.11 Å². The predicted molar refractivity (Wildman–Crippen MR) is 112 cm³/mol. The van der Waals surface area contributed by atoms with Gasteiger partial charge in [0.2, 0.25) is 5.95 Å². The Balaban J connectivity index is 1.30. The lowest BCUT2D eigenvalue weighted by Crippen LogP contribution is -2.36. The van der Waals surface area contributed by atoms with Crippen LogP contribution in [-0.2, 0) is 19.4 Å². The second kappa shape index (κ2) is 7.43. The second-order valence-electron chi connectivity index (χ2n) is 7.98. The Morgan fingerprint density at radius 1 is 1.14 bits per heavy atom. The van der Waals surface area contributed by atoms with Gasteiger partial charge in [-0.2, -0.15) is 4.98 Å². The van der Waals surface area contributed by atoms with E-state index in [1.54, 1.807) is 6.20 Å². The summed E-state index contributed by atoms with van der Waals surface area (Å²) in [5, 5.41) is 14.4. The van der Waals surface area contributed by atoms with E-state index in [1.807, 2.05) is 6.07 Å². The highest BCUT2D eigenvalue weighted by Crippen LogP contribution is 2.30. The summed E-state index contributed by atoms with van der Waals surface area (Å²) in [5.41, 5.74) is 5.43. The fraction of sp³-hybridized carbons (Fsp3) is 0.455. The quantitative estimate of drug-likeness (QED) is 0.649. The van der Waals surface area contributed by atoms with E-state index in [0.717, 1.165) is 31.7 Å². The Morgan fingerprint density at radius 3 is 2.89 bits per heavy atom. The molecule has 0 radical (unpaired) electrons. The topological polar surface area (TPSA) is 77.1 Å². The van der Waals surface area contributed by atoms with Gasteiger partial charge in [0.25, 0.3) is 0 Å². The summed E-state index contributed by atoms with van der Waals surface area (Å²) in [6.45, 7) is 2.39. The maximum atomic E-state index is 9.70. The van der Waals surface area contributed by atoms with Crippen molar-refractivity contribution in [2.45, 2.75) is 51.2 Å². The SMILES string of the molecule is OC1CCN(c2ccnc(NCc3ccc4[nH]c5c(c4c3)CCCC5)n2)CC1. The summed E-state index contributed by atoms with van der Waals surface area (Å²) >= 11 is 0. The molecule has 2 aromatic heterocycles. The third kappa shape index (κ3) is 3.44. The minimum absolute atomic E-state index is 0.176. The molecule has 0 amide bonds. The highest BCUT2D eigenvalue weighted by atomic mass is 16.3. The smallest absolute Gasteiger partial charge is 0.224 e. The first-order valence-corrected chi connectivity index (χ1v) is 10.4. The molecule has 3 heterocycles. The zero-order chi connectivity index (χ0) is 18.9. The number of aryl methyl sites for hydroxylation is 2. The molecular weight excluding hydrogens is 350 g/mol. The number of hydrogen-bond donors (Lipinski definition) is 3. The van der Waals surface area contributed by atoms with Gasteiger partial charge in [-0.15, -0.1) is 0 Å². The summed E-state index contributed by atoms with van der Waals surface area (Å²) in [6.07, 6.45) is 8.16. The Morgan fingerprint density at radius 2 is 2.00 bits per heavy atom. The van der Waals surface area contributed by atoms with E-state index in [2.05, 4.69) is 43.4 Å². The van der Waals surface area contributed by atoms with Gasteiger partial charge in [-0.3, -0.25) is 0 Å². The van der Waals surface area contributed by atoms with Crippen molar-refractivity contribution >= 4 is 22.7 Å². The molecule has 1 fully saturated rings. The zero-order valence-corrected chi connectivity index (χ0v) is 16.1. The van der Waals surface area contributed by atoms with Crippen LogP contribution in [0.3, 0.4) is 0 Å². The van der Waals surface area contributed by atoms with Crippen molar-refractivity contribution in [1.29, 1.82) is 0 Å². The van der Waals surface area contributed by atoms with Gasteiger partial charge >= 0.3 is 0 Å². The van der Waals surface area contributed by atoms with E-state index >= 15 is 0 Å². The third-order valence-electron chi connectivity index (χ3n) is 6.04. The van der Waals surface area contributed by atoms with Crippen molar-refractivity contribution in [3.05, 3.63) is 47.3 Å². The number of aliphatic hydroxyl groups excluding tert-OH is 1. The van der Waals surface area contributed by atoms with E-state index in [4.69, 9.17) is 0 Å². The number of aromatic amines is 1. The Labute approximate surface area is 165 Å². The maximum absolute atomic E-state index is 9.70. The lowest BCUT2D eigenvalue weighted by Gasteiger charge is -2.30. The van der Waals surface area contributed by atoms with Crippen LogP contribution in [0.25, 0.3) is 10.9 Å². The van der Waals surface area contributed by atoms with Crippen LogP contribution in [0.2, 0.25) is 0 Å². The van der Waals surface area contributed by atoms with Crippen molar-refractivity contribution in [3.8, 4) is 0 Å². The van der Waals surface area contributed by atoms with Crippen molar-refractivity contribution in [3.63, 3.8) is 0 Å². The van der Waals surface area contributed by atoms with Crippen LogP contribution in [-0.4, -0.2) is 39.3 Å². The summed E-state index contributed by atoms with van der Waals surface area (Å²) in [6, 6.07) is 8.62. The molecule has 1 aromatic carbocycles. The minimum atomic E-state index is -0.176. The number of aromatic nitrogens is 3. The molecule has 6 heteroatoms. The maximum Gasteiger partial charge on any atom is 0.224 e. The number of benzene rings is 1. The summed E-state index contributed by atoms with van der Waals surface area (Å²) in [5.74, 6) is 1.58. The molecule has 0 bridgehead atoms. The van der Waals surface area contributed by atoms with Gasteiger partial charge in [0.05, 0.1) is 6.10 Å². The third-order valence-corrected chi connectivity index (χ3v) is 6.04. The second-order valence-corrected chi connectivity index (χ2v) is 7.98. The standard InChI is InChI=1S/C22H27N5O/c28-16-8-11-27(12-9-16)21-7-10-23-22(26-21)24-14-15-5-6-20-18(13-15)17-3-1-2-4-19(17)25-20/h5-7,10,13,16,25,28H,1-4,8-9,11-12,14H2,(H,23,24,26). The van der Waals surface area contributed by atoms with E-state index in [0.29, 0.717) is 12.5 Å². The van der Waals surface area contributed by atoms with Gasteiger partial charge in [-0.25, -0.2) is 4.98 Å². The monoisotopic (exact) mass is 377 g/mol. The first-order valence-electron chi connectivity index (χ1n) is 10.4. The number of piperidine rings is 1. The van der Waals surface area contributed by atoms with Gasteiger partial charge < -0.3 is 20.3 Å². The van der Waals surface area contributed by atoms with Crippen molar-refractivity contribution in [2.75, 3.05) is 23.3 Å². The van der Waals surface area contributed by atoms with Crippen LogP contribution < -0.4 is 10.2 Å². The largest absolute Gasteiger partial charge is 0.393 e.